The molecule has 0 spiro atoms. The Morgan fingerprint density at radius 2 is 1.94 bits per heavy atom. The van der Waals surface area contributed by atoms with Crippen LogP contribution >= 0.6 is 12.4 Å². The molecule has 0 aromatic heterocycles. The quantitative estimate of drug-likeness (QED) is 0.867. The van der Waals surface area contributed by atoms with Gasteiger partial charge in [-0.25, -0.2) is 0 Å². The van der Waals surface area contributed by atoms with E-state index in [1.54, 1.807) is 0 Å². The van der Waals surface area contributed by atoms with Gasteiger partial charge in [0, 0.05) is 11.6 Å². The van der Waals surface area contributed by atoms with E-state index in [2.05, 4.69) is 5.32 Å². The summed E-state index contributed by atoms with van der Waals surface area (Å²) in [4.78, 5) is 11.7. The van der Waals surface area contributed by atoms with E-state index >= 15 is 0 Å². The molecule has 0 saturated heterocycles. The van der Waals surface area contributed by atoms with Crippen molar-refractivity contribution < 1.29 is 4.79 Å². The molecule has 0 aliphatic heterocycles. The second kappa shape index (κ2) is 6.62. The maximum Gasteiger partial charge on any atom is 0.227 e. The molecule has 0 unspecified atom stereocenters. The highest BCUT2D eigenvalue weighted by Crippen LogP contribution is 2.27. The number of hydrogen-bond donors (Lipinski definition) is 2. The third-order valence-electron chi connectivity index (χ3n) is 3.13. The first kappa shape index (κ1) is 14.0. The van der Waals surface area contributed by atoms with Crippen LogP contribution in [0.3, 0.4) is 0 Å². The molecule has 1 saturated carbocycles. The highest BCUT2D eigenvalue weighted by molar-refractivity contribution is 5.92. The van der Waals surface area contributed by atoms with Crippen molar-refractivity contribution in [3.05, 3.63) is 29.8 Å². The molecule has 0 bridgehead atoms. The van der Waals surface area contributed by atoms with Crippen molar-refractivity contribution in [2.45, 2.75) is 25.7 Å². The van der Waals surface area contributed by atoms with Crippen LogP contribution in [0.5, 0.6) is 0 Å². The standard InChI is InChI=1S/C13H18N2O.ClH/c14-9-8-10-4-6-12(7-5-10)15-13(16)11-2-1-3-11;/h4-7,11H,1-3,8-9,14H2,(H,15,16);1H. The third kappa shape index (κ3) is 3.72. The average molecular weight is 255 g/mol. The Balaban J connectivity index is 0.00000144. The minimum atomic E-state index is 0. The van der Waals surface area contributed by atoms with Gasteiger partial charge < -0.3 is 11.1 Å². The summed E-state index contributed by atoms with van der Waals surface area (Å²) in [6.45, 7) is 0.660. The Kier molecular flexibility index (Phi) is 5.45. The fraction of sp³-hybridized carbons (Fsp3) is 0.462. The lowest BCUT2D eigenvalue weighted by atomic mass is 9.85. The van der Waals surface area contributed by atoms with Crippen LogP contribution in [-0.4, -0.2) is 12.5 Å². The van der Waals surface area contributed by atoms with Crippen molar-refractivity contribution in [3.8, 4) is 0 Å². The Morgan fingerprint density at radius 1 is 1.29 bits per heavy atom. The van der Waals surface area contributed by atoms with E-state index in [0.29, 0.717) is 6.54 Å². The van der Waals surface area contributed by atoms with Crippen molar-refractivity contribution in [1.29, 1.82) is 0 Å². The summed E-state index contributed by atoms with van der Waals surface area (Å²) in [5, 5.41) is 2.94. The summed E-state index contributed by atoms with van der Waals surface area (Å²) >= 11 is 0. The fourth-order valence-corrected chi connectivity index (χ4v) is 1.84. The molecule has 3 N–H and O–H groups in total. The van der Waals surface area contributed by atoms with E-state index in [9.17, 15) is 4.79 Å². The fourth-order valence-electron chi connectivity index (χ4n) is 1.84. The predicted molar refractivity (Wildman–Crippen MR) is 72.4 cm³/mol. The first-order valence-corrected chi connectivity index (χ1v) is 5.89. The minimum absolute atomic E-state index is 0. The van der Waals surface area contributed by atoms with E-state index < -0.39 is 0 Å². The molecule has 0 heterocycles. The number of nitrogens with one attached hydrogen (secondary N) is 1. The number of hydrogen-bond acceptors (Lipinski definition) is 2. The van der Waals surface area contributed by atoms with Gasteiger partial charge in [-0.05, 0) is 43.5 Å². The molecule has 1 aliphatic carbocycles. The maximum atomic E-state index is 11.7. The number of carbonyl (C=O) groups excluding carboxylic acids is 1. The number of halogens is 1. The normalized spacial score (nSPS) is 14.6. The molecule has 3 nitrogen and oxygen atoms in total. The summed E-state index contributed by atoms with van der Waals surface area (Å²) in [6.07, 6.45) is 4.15. The van der Waals surface area contributed by atoms with Gasteiger partial charge in [-0.3, -0.25) is 4.79 Å². The van der Waals surface area contributed by atoms with Crippen LogP contribution in [0.1, 0.15) is 24.8 Å². The molecule has 0 radical (unpaired) electrons. The van der Waals surface area contributed by atoms with Gasteiger partial charge in [0.05, 0.1) is 0 Å². The van der Waals surface area contributed by atoms with Crippen LogP contribution in [0.15, 0.2) is 24.3 Å². The highest BCUT2D eigenvalue weighted by Gasteiger charge is 2.24. The molecular weight excluding hydrogens is 236 g/mol. The third-order valence-corrected chi connectivity index (χ3v) is 3.13. The average Bonchev–Trinajstić information content (AvgIpc) is 2.18. The van der Waals surface area contributed by atoms with Gasteiger partial charge in [0.25, 0.3) is 0 Å². The number of carbonyl (C=O) groups is 1. The molecular formula is C13H19ClN2O. The molecule has 1 aliphatic rings. The van der Waals surface area contributed by atoms with Crippen LogP contribution in [0.2, 0.25) is 0 Å². The first-order valence-electron chi connectivity index (χ1n) is 5.89. The van der Waals surface area contributed by atoms with E-state index in [1.165, 1.54) is 12.0 Å². The van der Waals surface area contributed by atoms with Gasteiger partial charge in [0.1, 0.15) is 0 Å². The van der Waals surface area contributed by atoms with Crippen LogP contribution < -0.4 is 11.1 Å². The van der Waals surface area contributed by atoms with Gasteiger partial charge in [0.15, 0.2) is 0 Å². The van der Waals surface area contributed by atoms with Crippen molar-refractivity contribution in [2.24, 2.45) is 11.7 Å². The summed E-state index contributed by atoms with van der Waals surface area (Å²) in [5.41, 5.74) is 7.57. The molecule has 94 valence electrons. The number of amides is 1. The van der Waals surface area contributed by atoms with E-state index in [1.807, 2.05) is 24.3 Å². The zero-order valence-electron chi connectivity index (χ0n) is 9.82. The van der Waals surface area contributed by atoms with Gasteiger partial charge >= 0.3 is 0 Å². The molecule has 1 aromatic rings. The van der Waals surface area contributed by atoms with Crippen molar-refractivity contribution in [1.82, 2.24) is 0 Å². The number of rotatable bonds is 4. The SMILES string of the molecule is Cl.NCCc1ccc(NC(=O)C2CCC2)cc1. The molecule has 4 heteroatoms. The van der Waals surface area contributed by atoms with Crippen LogP contribution in [0, 0.1) is 5.92 Å². The first-order chi connectivity index (χ1) is 7.79. The lowest BCUT2D eigenvalue weighted by Gasteiger charge is -2.24. The maximum absolute atomic E-state index is 11.7. The summed E-state index contributed by atoms with van der Waals surface area (Å²) in [6, 6.07) is 7.93. The van der Waals surface area contributed by atoms with Crippen molar-refractivity contribution in [2.75, 3.05) is 11.9 Å². The van der Waals surface area contributed by atoms with Crippen molar-refractivity contribution in [3.63, 3.8) is 0 Å². The minimum Gasteiger partial charge on any atom is -0.330 e. The Bertz CT molecular complexity index is 360. The summed E-state index contributed by atoms with van der Waals surface area (Å²) in [7, 11) is 0. The van der Waals surface area contributed by atoms with Crippen molar-refractivity contribution >= 4 is 24.0 Å². The highest BCUT2D eigenvalue weighted by atomic mass is 35.5. The Hall–Kier alpha value is -1.06. The largest absolute Gasteiger partial charge is 0.330 e. The monoisotopic (exact) mass is 254 g/mol. The van der Waals surface area contributed by atoms with Crippen LogP contribution in [0.25, 0.3) is 0 Å². The lowest BCUT2D eigenvalue weighted by molar-refractivity contribution is -0.122. The number of anilines is 1. The van der Waals surface area contributed by atoms with Crippen LogP contribution in [0.4, 0.5) is 5.69 Å². The van der Waals surface area contributed by atoms with E-state index in [0.717, 1.165) is 24.9 Å². The van der Waals surface area contributed by atoms with Gasteiger partial charge in [-0.2, -0.15) is 0 Å². The molecule has 1 fully saturated rings. The van der Waals surface area contributed by atoms with Crippen LogP contribution in [-0.2, 0) is 11.2 Å². The molecule has 2 rings (SSSR count). The number of benzene rings is 1. The molecule has 0 atom stereocenters. The Labute approximate surface area is 108 Å². The zero-order valence-corrected chi connectivity index (χ0v) is 10.6. The molecule has 1 amide bonds. The van der Waals surface area contributed by atoms with Gasteiger partial charge in [-0.15, -0.1) is 12.4 Å². The van der Waals surface area contributed by atoms with E-state index in [-0.39, 0.29) is 24.2 Å². The Morgan fingerprint density at radius 3 is 2.41 bits per heavy atom. The summed E-state index contributed by atoms with van der Waals surface area (Å²) in [5.74, 6) is 0.404. The topological polar surface area (TPSA) is 55.1 Å². The second-order valence-corrected chi connectivity index (χ2v) is 4.35. The summed E-state index contributed by atoms with van der Waals surface area (Å²) < 4.78 is 0. The second-order valence-electron chi connectivity index (χ2n) is 4.35. The lowest BCUT2D eigenvalue weighted by Crippen LogP contribution is -2.27. The predicted octanol–water partition coefficient (Wildman–Crippen LogP) is 2.35. The van der Waals surface area contributed by atoms with Gasteiger partial charge in [-0.1, -0.05) is 18.6 Å². The van der Waals surface area contributed by atoms with Gasteiger partial charge in [0.2, 0.25) is 5.91 Å². The smallest absolute Gasteiger partial charge is 0.227 e. The molecule has 1 aromatic carbocycles. The molecule has 17 heavy (non-hydrogen) atoms. The number of nitrogens with two attached hydrogens (primary N) is 1. The zero-order chi connectivity index (χ0) is 11.4. The van der Waals surface area contributed by atoms with E-state index in [4.69, 9.17) is 5.73 Å².